The highest BCUT2D eigenvalue weighted by Crippen LogP contribution is 2.35. The molecule has 0 N–H and O–H groups in total. The number of nitrogens with zero attached hydrogens (tertiary/aromatic N) is 2. The van der Waals surface area contributed by atoms with Gasteiger partial charge in [0.2, 0.25) is 0 Å². The normalized spacial score (nSPS) is 24.4. The first-order valence-electron chi connectivity index (χ1n) is 7.51. The highest BCUT2D eigenvalue weighted by molar-refractivity contribution is 5.68. The fourth-order valence-electron chi connectivity index (χ4n) is 3.37. The Kier molecular flexibility index (Phi) is 3.30. The monoisotopic (exact) mass is 290 g/mol. The topological polar surface area (TPSA) is 51.5 Å². The number of likely N-dealkylation sites (tertiary alicyclic amines) is 1. The third kappa shape index (κ3) is 2.82. The molecule has 0 radical (unpaired) electrons. The summed E-state index contributed by atoms with van der Waals surface area (Å²) in [6, 6.07) is 5.41. The molecule has 1 saturated heterocycles. The van der Waals surface area contributed by atoms with Crippen LogP contribution in [-0.4, -0.2) is 34.3 Å². The lowest BCUT2D eigenvalue weighted by molar-refractivity contribution is 0.0102. The van der Waals surface area contributed by atoms with Crippen molar-refractivity contribution >= 4 is 6.09 Å². The molecule has 5 heteroatoms. The zero-order valence-electron chi connectivity index (χ0n) is 12.8. The van der Waals surface area contributed by atoms with Gasteiger partial charge in [-0.15, -0.1) is 0 Å². The maximum Gasteiger partial charge on any atom is 0.410 e. The van der Waals surface area contributed by atoms with Gasteiger partial charge < -0.3 is 14.2 Å². The van der Waals surface area contributed by atoms with Crippen molar-refractivity contribution in [2.45, 2.75) is 45.3 Å². The maximum atomic E-state index is 12.3. The van der Waals surface area contributed by atoms with Crippen molar-refractivity contribution < 1.29 is 9.53 Å². The van der Waals surface area contributed by atoms with Gasteiger partial charge in [-0.1, -0.05) is 6.07 Å². The molecule has 2 aliphatic heterocycles. The van der Waals surface area contributed by atoms with E-state index in [1.807, 2.05) is 31.4 Å². The van der Waals surface area contributed by atoms with E-state index in [-0.39, 0.29) is 17.6 Å². The molecule has 114 valence electrons. The van der Waals surface area contributed by atoms with Gasteiger partial charge >= 0.3 is 6.09 Å². The summed E-state index contributed by atoms with van der Waals surface area (Å²) in [5, 5.41) is 0. The number of piperidine rings is 1. The predicted molar refractivity (Wildman–Crippen MR) is 79.4 cm³/mol. The fourth-order valence-corrected chi connectivity index (χ4v) is 3.37. The molecular weight excluding hydrogens is 268 g/mol. The van der Waals surface area contributed by atoms with E-state index in [0.29, 0.717) is 25.6 Å². The van der Waals surface area contributed by atoms with Crippen molar-refractivity contribution in [3.63, 3.8) is 0 Å². The number of ether oxygens (including phenoxy) is 1. The van der Waals surface area contributed by atoms with Gasteiger partial charge in [-0.25, -0.2) is 4.79 Å². The molecule has 1 aromatic rings. The molecule has 2 atom stereocenters. The molecule has 0 aliphatic carbocycles. The van der Waals surface area contributed by atoms with E-state index in [0.717, 1.165) is 12.1 Å². The van der Waals surface area contributed by atoms with Crippen LogP contribution in [0.15, 0.2) is 23.0 Å². The quantitative estimate of drug-likeness (QED) is 0.736. The van der Waals surface area contributed by atoms with Crippen LogP contribution >= 0.6 is 0 Å². The van der Waals surface area contributed by atoms with E-state index < -0.39 is 5.60 Å². The molecule has 2 bridgehead atoms. The minimum atomic E-state index is -0.474. The first-order chi connectivity index (χ1) is 9.83. The Balaban J connectivity index is 1.82. The van der Waals surface area contributed by atoms with Crippen molar-refractivity contribution in [1.82, 2.24) is 9.47 Å². The summed E-state index contributed by atoms with van der Waals surface area (Å²) in [6.07, 6.45) is 0.798. The Morgan fingerprint density at radius 2 is 2.00 bits per heavy atom. The third-order valence-corrected chi connectivity index (χ3v) is 4.13. The number of aromatic nitrogens is 1. The second kappa shape index (κ2) is 4.90. The van der Waals surface area contributed by atoms with Gasteiger partial charge in [-0.2, -0.15) is 0 Å². The van der Waals surface area contributed by atoms with Gasteiger partial charge in [0, 0.05) is 37.3 Å². The highest BCUT2D eigenvalue weighted by atomic mass is 16.6. The van der Waals surface area contributed by atoms with Gasteiger partial charge in [0.1, 0.15) is 5.60 Å². The lowest BCUT2D eigenvalue weighted by Gasteiger charge is -2.42. The lowest BCUT2D eigenvalue weighted by atomic mass is 9.83. The van der Waals surface area contributed by atoms with Crippen LogP contribution in [0.3, 0.4) is 0 Å². The number of carbonyl (C=O) groups excluding carboxylic acids is 1. The molecular formula is C16H22N2O3. The minimum absolute atomic E-state index is 0.0629. The summed E-state index contributed by atoms with van der Waals surface area (Å²) in [7, 11) is 0. The molecule has 3 heterocycles. The van der Waals surface area contributed by atoms with Crippen LogP contribution in [0.2, 0.25) is 0 Å². The van der Waals surface area contributed by atoms with Crippen LogP contribution in [0.25, 0.3) is 0 Å². The van der Waals surface area contributed by atoms with Crippen molar-refractivity contribution in [3.05, 3.63) is 34.2 Å². The van der Waals surface area contributed by atoms with E-state index in [9.17, 15) is 9.59 Å². The van der Waals surface area contributed by atoms with Crippen LogP contribution in [0.5, 0.6) is 0 Å². The van der Waals surface area contributed by atoms with Gasteiger partial charge in [0.15, 0.2) is 0 Å². The number of hydrogen-bond acceptors (Lipinski definition) is 3. The summed E-state index contributed by atoms with van der Waals surface area (Å²) in [5.41, 5.74) is 0.637. The third-order valence-electron chi connectivity index (χ3n) is 4.13. The van der Waals surface area contributed by atoms with Gasteiger partial charge in [0.25, 0.3) is 5.56 Å². The number of carbonyl (C=O) groups is 1. The van der Waals surface area contributed by atoms with E-state index in [1.54, 1.807) is 17.0 Å². The molecule has 0 unspecified atom stereocenters. The molecule has 0 aromatic carbocycles. The number of hydrogen-bond donors (Lipinski definition) is 0. The largest absolute Gasteiger partial charge is 0.444 e. The molecule has 21 heavy (non-hydrogen) atoms. The number of amides is 1. The summed E-state index contributed by atoms with van der Waals surface area (Å²) in [5.74, 6) is 0.572. The summed E-state index contributed by atoms with van der Waals surface area (Å²) in [6.45, 7) is 7.64. The summed E-state index contributed by atoms with van der Waals surface area (Å²) in [4.78, 5) is 26.0. The molecule has 1 amide bonds. The second-order valence-corrected chi connectivity index (χ2v) is 7.08. The van der Waals surface area contributed by atoms with Crippen molar-refractivity contribution in [1.29, 1.82) is 0 Å². The van der Waals surface area contributed by atoms with Gasteiger partial charge in [-0.05, 0) is 39.2 Å². The molecule has 0 saturated carbocycles. The number of pyridine rings is 1. The van der Waals surface area contributed by atoms with E-state index in [4.69, 9.17) is 4.74 Å². The van der Waals surface area contributed by atoms with Crippen molar-refractivity contribution in [2.24, 2.45) is 5.92 Å². The zero-order chi connectivity index (χ0) is 15.2. The molecule has 1 aromatic heterocycles. The van der Waals surface area contributed by atoms with Crippen molar-refractivity contribution in [2.75, 3.05) is 13.1 Å². The smallest absolute Gasteiger partial charge is 0.410 e. The van der Waals surface area contributed by atoms with Crippen molar-refractivity contribution in [3.8, 4) is 0 Å². The van der Waals surface area contributed by atoms with Crippen LogP contribution in [0.4, 0.5) is 4.79 Å². The van der Waals surface area contributed by atoms with Crippen LogP contribution in [-0.2, 0) is 11.3 Å². The first kappa shape index (κ1) is 14.2. The Labute approximate surface area is 124 Å². The summed E-state index contributed by atoms with van der Waals surface area (Å²) >= 11 is 0. The average Bonchev–Trinajstić information content (AvgIpc) is 2.38. The Morgan fingerprint density at radius 3 is 2.71 bits per heavy atom. The fraction of sp³-hybridized carbons (Fsp3) is 0.625. The van der Waals surface area contributed by atoms with E-state index in [2.05, 4.69) is 0 Å². The van der Waals surface area contributed by atoms with Crippen LogP contribution < -0.4 is 5.56 Å². The molecule has 5 nitrogen and oxygen atoms in total. The first-order valence-corrected chi connectivity index (χ1v) is 7.51. The Bertz CT molecular complexity index is 615. The highest BCUT2D eigenvalue weighted by Gasteiger charge is 2.37. The maximum absolute atomic E-state index is 12.3. The summed E-state index contributed by atoms with van der Waals surface area (Å²) < 4.78 is 7.34. The van der Waals surface area contributed by atoms with Crippen LogP contribution in [0.1, 0.15) is 38.8 Å². The standard InChI is InChI=1S/C16H22N2O3/c1-16(2,3)21-15(20)17-8-11-7-12(10-17)13-5-4-6-14(19)18(13)9-11/h4-6,11-12H,7-10H2,1-3H3/t11-,12+/m0/s1. The molecule has 2 aliphatic rings. The SMILES string of the molecule is CC(C)(C)OC(=O)N1C[C@@H]2C[C@H](C1)c1cccc(=O)n1C2. The molecule has 0 spiro atoms. The molecule has 1 fully saturated rings. The van der Waals surface area contributed by atoms with Gasteiger partial charge in [0.05, 0.1) is 0 Å². The van der Waals surface area contributed by atoms with E-state index in [1.165, 1.54) is 0 Å². The second-order valence-electron chi connectivity index (χ2n) is 7.08. The van der Waals surface area contributed by atoms with Gasteiger partial charge in [-0.3, -0.25) is 4.79 Å². The van der Waals surface area contributed by atoms with E-state index >= 15 is 0 Å². The average molecular weight is 290 g/mol. The number of fused-ring (bicyclic) bond motifs is 4. The minimum Gasteiger partial charge on any atom is -0.444 e. The Hall–Kier alpha value is -1.78. The predicted octanol–water partition coefficient (Wildman–Crippen LogP) is 2.20. The molecule has 3 rings (SSSR count). The number of rotatable bonds is 0. The lowest BCUT2D eigenvalue weighted by Crippen LogP contribution is -2.50. The zero-order valence-corrected chi connectivity index (χ0v) is 12.8. The Morgan fingerprint density at radius 1 is 1.24 bits per heavy atom. The van der Waals surface area contributed by atoms with Crippen LogP contribution in [0, 0.1) is 5.92 Å².